The predicted octanol–water partition coefficient (Wildman–Crippen LogP) is 1.76. The van der Waals surface area contributed by atoms with Crippen LogP contribution in [0.5, 0.6) is 0 Å². The molecule has 1 aromatic heterocycles. The zero-order valence-corrected chi connectivity index (χ0v) is 13.4. The van der Waals surface area contributed by atoms with Crippen LogP contribution in [0.1, 0.15) is 44.9 Å². The molecule has 2 heterocycles. The van der Waals surface area contributed by atoms with E-state index in [4.69, 9.17) is 5.73 Å². The molecule has 1 fully saturated rings. The van der Waals surface area contributed by atoms with Crippen molar-refractivity contribution in [3.05, 3.63) is 11.3 Å². The fourth-order valence-electron chi connectivity index (χ4n) is 3.50. The molecule has 1 aliphatic carbocycles. The van der Waals surface area contributed by atoms with Crippen LogP contribution in [-0.4, -0.2) is 35.6 Å². The van der Waals surface area contributed by atoms with Crippen LogP contribution in [-0.2, 0) is 12.8 Å². The lowest BCUT2D eigenvalue weighted by atomic mass is 9.76. The van der Waals surface area contributed by atoms with Gasteiger partial charge >= 0.3 is 0 Å². The second kappa shape index (κ2) is 5.44. The van der Waals surface area contributed by atoms with Crippen LogP contribution in [0, 0.1) is 5.41 Å². The summed E-state index contributed by atoms with van der Waals surface area (Å²) >= 11 is 0. The van der Waals surface area contributed by atoms with Crippen molar-refractivity contribution in [3.63, 3.8) is 0 Å². The quantitative estimate of drug-likeness (QED) is 0.824. The summed E-state index contributed by atoms with van der Waals surface area (Å²) in [5.41, 5.74) is 8.80. The van der Waals surface area contributed by atoms with E-state index in [2.05, 4.69) is 41.0 Å². The number of nitrogens with zero attached hydrogens (tertiary/aromatic N) is 3. The number of fused-ring (bicyclic) bond motifs is 1. The number of nitrogen functional groups attached to an aromatic ring is 1. The zero-order valence-electron chi connectivity index (χ0n) is 13.4. The lowest BCUT2D eigenvalue weighted by Gasteiger charge is -2.34. The van der Waals surface area contributed by atoms with E-state index in [1.54, 1.807) is 0 Å². The van der Waals surface area contributed by atoms with Gasteiger partial charge in [0.25, 0.3) is 0 Å². The standard InChI is InChI=1S/C16H27N5/c1-11-10-21(8-4-7-18-11)14-12-5-6-16(2,3)9-13(12)19-15(17)20-14/h11,18H,4-10H2,1-3H3,(H2,17,19,20)/t11-/m0/s1. The van der Waals surface area contributed by atoms with Crippen LogP contribution in [0.2, 0.25) is 0 Å². The van der Waals surface area contributed by atoms with Crippen molar-refractivity contribution < 1.29 is 0 Å². The highest BCUT2D eigenvalue weighted by molar-refractivity contribution is 5.53. The maximum absolute atomic E-state index is 5.99. The summed E-state index contributed by atoms with van der Waals surface area (Å²) < 4.78 is 0. The molecule has 0 amide bonds. The molecular weight excluding hydrogens is 262 g/mol. The molecule has 1 atom stereocenters. The second-order valence-electron chi connectivity index (χ2n) is 7.33. The van der Waals surface area contributed by atoms with Gasteiger partial charge in [-0.1, -0.05) is 13.8 Å². The highest BCUT2D eigenvalue weighted by Crippen LogP contribution is 2.37. The van der Waals surface area contributed by atoms with Crippen molar-refractivity contribution in [2.24, 2.45) is 5.41 Å². The van der Waals surface area contributed by atoms with Crippen LogP contribution in [0.4, 0.5) is 11.8 Å². The molecule has 5 nitrogen and oxygen atoms in total. The van der Waals surface area contributed by atoms with Crippen molar-refractivity contribution in [3.8, 4) is 0 Å². The summed E-state index contributed by atoms with van der Waals surface area (Å²) in [5.74, 6) is 1.51. The number of nitrogens with one attached hydrogen (secondary N) is 1. The average molecular weight is 289 g/mol. The monoisotopic (exact) mass is 289 g/mol. The molecule has 0 bridgehead atoms. The summed E-state index contributed by atoms with van der Waals surface area (Å²) in [7, 11) is 0. The van der Waals surface area contributed by atoms with E-state index in [1.807, 2.05) is 0 Å². The number of anilines is 2. The van der Waals surface area contributed by atoms with E-state index in [1.165, 1.54) is 17.7 Å². The predicted molar refractivity (Wildman–Crippen MR) is 86.5 cm³/mol. The Morgan fingerprint density at radius 3 is 2.95 bits per heavy atom. The first kappa shape index (κ1) is 14.6. The number of rotatable bonds is 1. The number of nitrogens with two attached hydrogens (primary N) is 1. The average Bonchev–Trinajstić information content (AvgIpc) is 2.61. The van der Waals surface area contributed by atoms with Gasteiger partial charge in [-0.25, -0.2) is 4.98 Å². The Bertz CT molecular complexity index is 526. The van der Waals surface area contributed by atoms with E-state index in [-0.39, 0.29) is 0 Å². The Hall–Kier alpha value is -1.36. The summed E-state index contributed by atoms with van der Waals surface area (Å²) in [6, 6.07) is 0.486. The minimum atomic E-state index is 0.318. The Morgan fingerprint density at radius 1 is 1.33 bits per heavy atom. The second-order valence-corrected chi connectivity index (χ2v) is 7.33. The van der Waals surface area contributed by atoms with E-state index >= 15 is 0 Å². The first-order chi connectivity index (χ1) is 9.94. The van der Waals surface area contributed by atoms with Crippen molar-refractivity contribution in [1.29, 1.82) is 0 Å². The number of hydrogen-bond acceptors (Lipinski definition) is 5. The summed E-state index contributed by atoms with van der Waals surface area (Å²) in [5, 5.41) is 3.54. The zero-order chi connectivity index (χ0) is 15.0. The highest BCUT2D eigenvalue weighted by atomic mass is 15.2. The van der Waals surface area contributed by atoms with E-state index in [0.29, 0.717) is 17.4 Å². The van der Waals surface area contributed by atoms with Crippen LogP contribution >= 0.6 is 0 Å². The molecule has 3 N–H and O–H groups in total. The van der Waals surface area contributed by atoms with Crippen molar-refractivity contribution >= 4 is 11.8 Å². The minimum Gasteiger partial charge on any atom is -0.368 e. The Kier molecular flexibility index (Phi) is 3.78. The normalized spacial score (nSPS) is 25.3. The lowest BCUT2D eigenvalue weighted by Crippen LogP contribution is -2.37. The van der Waals surface area contributed by atoms with Crippen molar-refractivity contribution in [2.45, 2.75) is 52.5 Å². The van der Waals surface area contributed by atoms with Gasteiger partial charge in [-0.15, -0.1) is 0 Å². The van der Waals surface area contributed by atoms with E-state index in [0.717, 1.165) is 44.7 Å². The van der Waals surface area contributed by atoms with E-state index in [9.17, 15) is 0 Å². The molecular formula is C16H27N5. The fraction of sp³-hybridized carbons (Fsp3) is 0.750. The summed E-state index contributed by atoms with van der Waals surface area (Å²) in [6.45, 7) is 9.97. The highest BCUT2D eigenvalue weighted by Gasteiger charge is 2.30. The van der Waals surface area contributed by atoms with Crippen LogP contribution in [0.15, 0.2) is 0 Å². The molecule has 5 heteroatoms. The third kappa shape index (κ3) is 3.12. The SMILES string of the molecule is C[C@H]1CN(c2nc(N)nc3c2CCC(C)(C)C3)CCCN1. The Morgan fingerprint density at radius 2 is 2.14 bits per heavy atom. The fourth-order valence-corrected chi connectivity index (χ4v) is 3.50. The van der Waals surface area contributed by atoms with Crippen molar-refractivity contribution in [2.75, 3.05) is 30.3 Å². The van der Waals surface area contributed by atoms with Crippen molar-refractivity contribution in [1.82, 2.24) is 15.3 Å². The first-order valence-corrected chi connectivity index (χ1v) is 8.08. The largest absolute Gasteiger partial charge is 0.368 e. The molecule has 0 unspecified atom stereocenters. The van der Waals surface area contributed by atoms with Gasteiger partial charge in [-0.3, -0.25) is 0 Å². The van der Waals surface area contributed by atoms with Gasteiger partial charge in [-0.2, -0.15) is 4.98 Å². The molecule has 1 saturated heterocycles. The lowest BCUT2D eigenvalue weighted by molar-refractivity contribution is 0.310. The van der Waals surface area contributed by atoms with Crippen LogP contribution in [0.25, 0.3) is 0 Å². The molecule has 0 aromatic carbocycles. The Labute approximate surface area is 127 Å². The molecule has 116 valence electrons. The third-order valence-electron chi connectivity index (χ3n) is 4.68. The Balaban J connectivity index is 1.97. The molecule has 0 saturated carbocycles. The maximum atomic E-state index is 5.99. The van der Waals surface area contributed by atoms with Crippen LogP contribution in [0.3, 0.4) is 0 Å². The van der Waals surface area contributed by atoms with E-state index < -0.39 is 0 Å². The molecule has 1 aliphatic heterocycles. The van der Waals surface area contributed by atoms with Gasteiger partial charge in [-0.05, 0) is 44.6 Å². The number of aromatic nitrogens is 2. The van der Waals surface area contributed by atoms with Gasteiger partial charge in [0.2, 0.25) is 5.95 Å². The molecule has 21 heavy (non-hydrogen) atoms. The number of hydrogen-bond donors (Lipinski definition) is 2. The molecule has 0 spiro atoms. The summed E-state index contributed by atoms with van der Waals surface area (Å²) in [6.07, 6.45) is 4.41. The molecule has 1 aromatic rings. The molecule has 2 aliphatic rings. The third-order valence-corrected chi connectivity index (χ3v) is 4.68. The van der Waals surface area contributed by atoms with Gasteiger partial charge in [0.15, 0.2) is 0 Å². The van der Waals surface area contributed by atoms with Gasteiger partial charge in [0.1, 0.15) is 5.82 Å². The maximum Gasteiger partial charge on any atom is 0.222 e. The summed E-state index contributed by atoms with van der Waals surface area (Å²) in [4.78, 5) is 11.5. The molecule has 3 rings (SSSR count). The van der Waals surface area contributed by atoms with Crippen LogP contribution < -0.4 is 16.0 Å². The molecule has 0 radical (unpaired) electrons. The van der Waals surface area contributed by atoms with Gasteiger partial charge < -0.3 is 16.0 Å². The smallest absolute Gasteiger partial charge is 0.222 e. The van der Waals surface area contributed by atoms with Gasteiger partial charge in [0.05, 0.1) is 5.69 Å². The minimum absolute atomic E-state index is 0.318. The topological polar surface area (TPSA) is 67.1 Å². The van der Waals surface area contributed by atoms with Gasteiger partial charge in [0, 0.05) is 24.7 Å². The first-order valence-electron chi connectivity index (χ1n) is 8.08.